The monoisotopic (exact) mass is 314 g/mol. The van der Waals surface area contributed by atoms with Crippen LogP contribution in [0.15, 0.2) is 23.3 Å². The third kappa shape index (κ3) is 2.40. The summed E-state index contributed by atoms with van der Waals surface area (Å²) in [5, 5.41) is 0. The molecule has 0 aromatic rings. The van der Waals surface area contributed by atoms with E-state index in [0.717, 1.165) is 25.7 Å². The Hall–Kier alpha value is -1.38. The summed E-state index contributed by atoms with van der Waals surface area (Å²) in [4.78, 5) is 23.1. The largest absolute Gasteiger partial charge is 0.462 e. The van der Waals surface area contributed by atoms with Gasteiger partial charge in [-0.15, -0.1) is 0 Å². The van der Waals surface area contributed by atoms with Crippen molar-refractivity contribution in [3.05, 3.63) is 23.3 Å². The lowest BCUT2D eigenvalue weighted by Gasteiger charge is -2.48. The molecule has 124 valence electrons. The second-order valence-electron chi connectivity index (χ2n) is 8.20. The fourth-order valence-electron chi connectivity index (χ4n) is 5.78. The molecule has 5 unspecified atom stereocenters. The molecule has 0 spiro atoms. The molecule has 0 heterocycles. The molecule has 0 amide bonds. The maximum absolute atomic E-state index is 11.7. The fraction of sp³-hybridized carbons (Fsp3) is 0.700. The number of fused-ring (bicyclic) bond motifs is 4. The topological polar surface area (TPSA) is 43.4 Å². The maximum atomic E-state index is 11.7. The molecule has 0 aromatic carbocycles. The van der Waals surface area contributed by atoms with Crippen molar-refractivity contribution >= 4 is 11.8 Å². The van der Waals surface area contributed by atoms with Crippen molar-refractivity contribution in [3.8, 4) is 0 Å². The van der Waals surface area contributed by atoms with Crippen LogP contribution >= 0.6 is 0 Å². The van der Waals surface area contributed by atoms with E-state index in [1.54, 1.807) is 5.57 Å². The zero-order valence-corrected chi connectivity index (χ0v) is 14.1. The molecular formula is C20H26O3. The van der Waals surface area contributed by atoms with E-state index in [4.69, 9.17) is 4.74 Å². The second kappa shape index (κ2) is 5.32. The highest BCUT2D eigenvalue weighted by atomic mass is 16.5. The predicted octanol–water partition coefficient (Wildman–Crippen LogP) is 3.98. The van der Waals surface area contributed by atoms with Gasteiger partial charge in [0.05, 0.1) is 0 Å². The third-order valence-electron chi connectivity index (χ3n) is 6.97. The number of hydrogen-bond acceptors (Lipinski definition) is 3. The Morgan fingerprint density at radius 1 is 1.22 bits per heavy atom. The van der Waals surface area contributed by atoms with Crippen LogP contribution in [-0.2, 0) is 14.3 Å². The summed E-state index contributed by atoms with van der Waals surface area (Å²) in [6.07, 6.45) is 11.6. The van der Waals surface area contributed by atoms with Crippen LogP contribution in [0.1, 0.15) is 58.8 Å². The number of allylic oxidation sites excluding steroid dienone is 4. The SMILES string of the molecule is CC(=O)OC1CCC2C3CC4CCC(=O)C=C4C=C3CCC12C. The Bertz CT molecular complexity index is 614. The zero-order chi connectivity index (χ0) is 16.2. The Morgan fingerprint density at radius 2 is 2.04 bits per heavy atom. The quantitative estimate of drug-likeness (QED) is 0.688. The van der Waals surface area contributed by atoms with Gasteiger partial charge in [0.15, 0.2) is 5.78 Å². The van der Waals surface area contributed by atoms with E-state index in [1.165, 1.54) is 25.3 Å². The van der Waals surface area contributed by atoms with E-state index >= 15 is 0 Å². The summed E-state index contributed by atoms with van der Waals surface area (Å²) in [6, 6.07) is 0. The van der Waals surface area contributed by atoms with Gasteiger partial charge in [-0.1, -0.05) is 18.6 Å². The van der Waals surface area contributed by atoms with Gasteiger partial charge in [-0.05, 0) is 67.9 Å². The lowest BCUT2D eigenvalue weighted by atomic mass is 9.57. The molecule has 3 nitrogen and oxygen atoms in total. The van der Waals surface area contributed by atoms with Gasteiger partial charge in [-0.3, -0.25) is 9.59 Å². The molecule has 0 aliphatic heterocycles. The molecule has 0 aromatic heterocycles. The van der Waals surface area contributed by atoms with Crippen molar-refractivity contribution in [2.24, 2.45) is 23.2 Å². The van der Waals surface area contributed by atoms with Crippen LogP contribution in [0.4, 0.5) is 0 Å². The molecule has 5 atom stereocenters. The van der Waals surface area contributed by atoms with Crippen LogP contribution in [0.3, 0.4) is 0 Å². The molecule has 0 radical (unpaired) electrons. The molecule has 0 N–H and O–H groups in total. The summed E-state index contributed by atoms with van der Waals surface area (Å²) in [5.41, 5.74) is 2.97. The summed E-state index contributed by atoms with van der Waals surface area (Å²) in [6.45, 7) is 3.87. The normalized spacial score (nSPS) is 42.1. The maximum Gasteiger partial charge on any atom is 0.302 e. The Labute approximate surface area is 138 Å². The van der Waals surface area contributed by atoms with Gasteiger partial charge in [0, 0.05) is 18.8 Å². The van der Waals surface area contributed by atoms with E-state index in [2.05, 4.69) is 13.0 Å². The van der Waals surface area contributed by atoms with Gasteiger partial charge >= 0.3 is 5.97 Å². The highest BCUT2D eigenvalue weighted by Gasteiger charge is 2.55. The Kier molecular flexibility index (Phi) is 3.51. The van der Waals surface area contributed by atoms with Gasteiger partial charge in [0.25, 0.3) is 0 Å². The van der Waals surface area contributed by atoms with Crippen molar-refractivity contribution in [1.82, 2.24) is 0 Å². The van der Waals surface area contributed by atoms with Gasteiger partial charge < -0.3 is 4.74 Å². The number of ether oxygens (including phenoxy) is 1. The number of rotatable bonds is 1. The van der Waals surface area contributed by atoms with Crippen molar-refractivity contribution < 1.29 is 14.3 Å². The minimum absolute atomic E-state index is 0.0939. The predicted molar refractivity (Wildman–Crippen MR) is 87.6 cm³/mol. The zero-order valence-electron chi connectivity index (χ0n) is 14.1. The van der Waals surface area contributed by atoms with Gasteiger partial charge in [0.2, 0.25) is 0 Å². The fourth-order valence-corrected chi connectivity index (χ4v) is 5.78. The molecule has 0 saturated heterocycles. The average molecular weight is 314 g/mol. The van der Waals surface area contributed by atoms with Crippen LogP contribution < -0.4 is 0 Å². The Balaban J connectivity index is 1.62. The van der Waals surface area contributed by atoms with Crippen LogP contribution in [-0.4, -0.2) is 17.9 Å². The van der Waals surface area contributed by atoms with E-state index in [9.17, 15) is 9.59 Å². The van der Waals surface area contributed by atoms with Crippen molar-refractivity contribution in [2.45, 2.75) is 64.9 Å². The smallest absolute Gasteiger partial charge is 0.302 e. The first-order valence-electron chi connectivity index (χ1n) is 9.09. The molecule has 0 bridgehead atoms. The first-order valence-corrected chi connectivity index (χ1v) is 9.09. The number of carbonyl (C=O) groups excluding carboxylic acids is 2. The van der Waals surface area contributed by atoms with Gasteiger partial charge in [-0.25, -0.2) is 0 Å². The van der Waals surface area contributed by atoms with Crippen molar-refractivity contribution in [3.63, 3.8) is 0 Å². The number of hydrogen-bond donors (Lipinski definition) is 0. The number of ketones is 1. The molecule has 2 saturated carbocycles. The highest BCUT2D eigenvalue weighted by molar-refractivity contribution is 5.92. The van der Waals surface area contributed by atoms with Crippen molar-refractivity contribution in [2.75, 3.05) is 0 Å². The lowest BCUT2D eigenvalue weighted by Crippen LogP contribution is -2.43. The summed E-state index contributed by atoms with van der Waals surface area (Å²) in [5.74, 6) is 1.98. The molecule has 4 aliphatic rings. The van der Waals surface area contributed by atoms with Gasteiger partial charge in [0.1, 0.15) is 6.10 Å². The minimum atomic E-state index is -0.141. The van der Waals surface area contributed by atoms with Crippen LogP contribution in [0.25, 0.3) is 0 Å². The molecule has 23 heavy (non-hydrogen) atoms. The van der Waals surface area contributed by atoms with E-state index in [0.29, 0.717) is 30.0 Å². The summed E-state index contributed by atoms with van der Waals surface area (Å²) in [7, 11) is 0. The third-order valence-corrected chi connectivity index (χ3v) is 6.97. The second-order valence-corrected chi connectivity index (χ2v) is 8.20. The molecular weight excluding hydrogens is 288 g/mol. The van der Waals surface area contributed by atoms with E-state index in [1.807, 2.05) is 6.08 Å². The van der Waals surface area contributed by atoms with Crippen LogP contribution in [0, 0.1) is 23.2 Å². The van der Waals surface area contributed by atoms with E-state index < -0.39 is 0 Å². The van der Waals surface area contributed by atoms with E-state index in [-0.39, 0.29) is 17.5 Å². The summed E-state index contributed by atoms with van der Waals surface area (Å²) >= 11 is 0. The highest BCUT2D eigenvalue weighted by Crippen LogP contribution is 2.60. The Morgan fingerprint density at radius 3 is 2.83 bits per heavy atom. The molecule has 4 aliphatic carbocycles. The average Bonchev–Trinajstić information content (AvgIpc) is 2.82. The standard InChI is InChI=1S/C20H26O3/c1-12(21)23-19-6-5-18-17-11-13-3-4-16(22)10-15(13)9-14(17)7-8-20(18,19)2/h9-10,13,17-19H,3-8,11H2,1-2H3. The lowest BCUT2D eigenvalue weighted by molar-refractivity contribution is -0.153. The van der Waals surface area contributed by atoms with Crippen LogP contribution in [0.2, 0.25) is 0 Å². The van der Waals surface area contributed by atoms with Gasteiger partial charge in [-0.2, -0.15) is 0 Å². The first-order chi connectivity index (χ1) is 11.0. The number of esters is 1. The molecule has 3 heteroatoms. The van der Waals surface area contributed by atoms with Crippen LogP contribution in [0.5, 0.6) is 0 Å². The molecule has 4 rings (SSSR count). The number of carbonyl (C=O) groups is 2. The minimum Gasteiger partial charge on any atom is -0.462 e. The molecule has 2 fully saturated rings. The van der Waals surface area contributed by atoms with Crippen molar-refractivity contribution in [1.29, 1.82) is 0 Å². The summed E-state index contributed by atoms with van der Waals surface area (Å²) < 4.78 is 5.67. The first kappa shape index (κ1) is 15.2.